The van der Waals surface area contributed by atoms with E-state index in [1.165, 1.54) is 12.9 Å². The molecule has 34 heavy (non-hydrogen) atoms. The largest absolute Gasteiger partial charge is 0.497 e. The fraction of sp³-hybridized carbons (Fsp3) is 0.375. The third-order valence-electron chi connectivity index (χ3n) is 5.28. The molecular weight excluding hydrogens is 467 g/mol. The van der Waals surface area contributed by atoms with Gasteiger partial charge in [0.05, 0.1) is 13.7 Å². The van der Waals surface area contributed by atoms with Gasteiger partial charge in [0.1, 0.15) is 5.75 Å². The molecule has 6 nitrogen and oxygen atoms in total. The summed E-state index contributed by atoms with van der Waals surface area (Å²) in [6.07, 6.45) is 5.08. The lowest BCUT2D eigenvalue weighted by Crippen LogP contribution is -2.38. The van der Waals surface area contributed by atoms with Gasteiger partial charge in [-0.1, -0.05) is 32.9 Å². The van der Waals surface area contributed by atoms with Gasteiger partial charge in [-0.15, -0.1) is 5.57 Å². The van der Waals surface area contributed by atoms with Crippen LogP contribution in [-0.2, 0) is 16.4 Å². The normalized spacial score (nSPS) is 18.7. The first-order valence-corrected chi connectivity index (χ1v) is 12.3. The third-order valence-corrected chi connectivity index (χ3v) is 6.48. The van der Waals surface area contributed by atoms with Gasteiger partial charge >= 0.3 is 6.18 Å². The highest BCUT2D eigenvalue weighted by Crippen LogP contribution is 2.32. The summed E-state index contributed by atoms with van der Waals surface area (Å²) >= 11 is 0. The van der Waals surface area contributed by atoms with Crippen LogP contribution in [0.15, 0.2) is 59.3 Å². The number of rotatable bonds is 7. The Bertz CT molecular complexity index is 1130. The molecule has 1 aliphatic heterocycles. The molecule has 0 atom stereocenters. The van der Waals surface area contributed by atoms with Crippen molar-refractivity contribution in [2.75, 3.05) is 19.4 Å². The van der Waals surface area contributed by atoms with E-state index in [4.69, 9.17) is 4.74 Å². The Hall–Kier alpha value is -3.01. The van der Waals surface area contributed by atoms with Crippen LogP contribution in [0.4, 0.5) is 13.2 Å². The molecule has 1 aromatic carbocycles. The summed E-state index contributed by atoms with van der Waals surface area (Å²) in [6.45, 7) is 8.26. The zero-order chi connectivity index (χ0) is 25.1. The maximum atomic E-state index is 12.7. The molecule has 1 N–H and O–H groups in total. The fourth-order valence-corrected chi connectivity index (χ4v) is 4.43. The molecule has 1 aliphatic carbocycles. The van der Waals surface area contributed by atoms with E-state index in [1.807, 2.05) is 58.6 Å². The van der Waals surface area contributed by atoms with Gasteiger partial charge in [0.15, 0.2) is 12.1 Å². The molecule has 0 radical (unpaired) electrons. The lowest BCUT2D eigenvalue weighted by atomic mass is 9.82. The van der Waals surface area contributed by atoms with E-state index in [9.17, 15) is 21.6 Å². The highest BCUT2D eigenvalue weighted by atomic mass is 32.2. The topological polar surface area (TPSA) is 61.6 Å². The van der Waals surface area contributed by atoms with E-state index in [0.717, 1.165) is 27.1 Å². The molecule has 0 spiro atoms. The van der Waals surface area contributed by atoms with Gasteiger partial charge in [-0.2, -0.15) is 48.2 Å². The lowest BCUT2D eigenvalue weighted by molar-refractivity contribution is -0.512. The van der Waals surface area contributed by atoms with E-state index in [1.54, 1.807) is 7.11 Å². The SMILES string of the molecule is COc1ccc(CCN2C=[N+](NS(=O)(=O)CC(F)(F)F)[CH-]C2=C2C=CC(C(C)(C)C)=C[CH-]2)cc1. The molecule has 1 heterocycles. The summed E-state index contributed by atoms with van der Waals surface area (Å²) in [5.41, 5.74) is 3.61. The number of halogens is 3. The standard InChI is InChI=1S/C24H29F3N3O3S/c1-23(2,3)20-9-7-19(8-10-20)22-15-30(28-34(31,32)16-24(25,26)27)17-29(22)14-13-18-5-11-21(33-4)12-6-18/h5-12,15,17,28H,13-14,16H2,1-4H3/q-1. The number of nitrogens with one attached hydrogen (secondary N) is 1. The first-order valence-electron chi connectivity index (χ1n) is 10.7. The van der Waals surface area contributed by atoms with Crippen molar-refractivity contribution in [1.82, 2.24) is 9.73 Å². The predicted octanol–water partition coefficient (Wildman–Crippen LogP) is 4.15. The predicted molar refractivity (Wildman–Crippen MR) is 125 cm³/mol. The molecule has 2 aliphatic rings. The van der Waals surface area contributed by atoms with Crippen molar-refractivity contribution in [3.63, 3.8) is 0 Å². The van der Waals surface area contributed by atoms with Gasteiger partial charge < -0.3 is 9.64 Å². The van der Waals surface area contributed by atoms with E-state index in [2.05, 4.69) is 20.8 Å². The first kappa shape index (κ1) is 25.6. The fourth-order valence-electron chi connectivity index (χ4n) is 3.51. The quantitative estimate of drug-likeness (QED) is 0.455. The van der Waals surface area contributed by atoms with E-state index in [-0.39, 0.29) is 5.41 Å². The number of sulfonamides is 1. The van der Waals surface area contributed by atoms with Crippen LogP contribution in [-0.4, -0.2) is 49.9 Å². The van der Waals surface area contributed by atoms with Crippen LogP contribution in [0.2, 0.25) is 0 Å². The number of nitrogens with zero attached hydrogens (tertiary/aromatic N) is 2. The zero-order valence-electron chi connectivity index (χ0n) is 19.6. The highest BCUT2D eigenvalue weighted by Gasteiger charge is 2.36. The molecule has 0 saturated carbocycles. The third kappa shape index (κ3) is 6.99. The molecule has 0 aromatic heterocycles. The number of hydrazine groups is 1. The first-order chi connectivity index (χ1) is 15.8. The van der Waals surface area contributed by atoms with Crippen LogP contribution in [0.1, 0.15) is 26.3 Å². The second-order valence-electron chi connectivity index (χ2n) is 9.12. The Morgan fingerprint density at radius 2 is 1.79 bits per heavy atom. The average Bonchev–Trinajstić information content (AvgIpc) is 3.12. The van der Waals surface area contributed by atoms with E-state index >= 15 is 0 Å². The van der Waals surface area contributed by atoms with Crippen molar-refractivity contribution >= 4 is 16.4 Å². The molecule has 0 saturated heterocycles. The van der Waals surface area contributed by atoms with Gasteiger partial charge in [-0.3, -0.25) is 0 Å². The maximum absolute atomic E-state index is 12.7. The number of ether oxygens (including phenoxy) is 1. The maximum Gasteiger partial charge on any atom is 0.404 e. The Balaban J connectivity index is 1.82. The Morgan fingerprint density at radius 3 is 2.32 bits per heavy atom. The number of methoxy groups -OCH3 is 1. The van der Waals surface area contributed by atoms with Gasteiger partial charge in [-0.25, -0.2) is 13.1 Å². The number of hydrogen-bond acceptors (Lipinski definition) is 4. The second kappa shape index (κ2) is 9.69. The van der Waals surface area contributed by atoms with Crippen LogP contribution in [0, 0.1) is 18.4 Å². The lowest BCUT2D eigenvalue weighted by Gasteiger charge is -2.32. The number of benzene rings is 1. The molecule has 0 bridgehead atoms. The number of hydrogen-bond donors (Lipinski definition) is 1. The number of alkyl halides is 3. The Morgan fingerprint density at radius 1 is 1.12 bits per heavy atom. The van der Waals surface area contributed by atoms with Crippen molar-refractivity contribution in [3.8, 4) is 5.75 Å². The molecule has 1 aromatic rings. The van der Waals surface area contributed by atoms with Crippen LogP contribution in [0.3, 0.4) is 0 Å². The minimum Gasteiger partial charge on any atom is -0.497 e. The average molecular weight is 497 g/mol. The van der Waals surface area contributed by atoms with Crippen LogP contribution >= 0.6 is 0 Å². The van der Waals surface area contributed by atoms with E-state index < -0.39 is 22.0 Å². The highest BCUT2D eigenvalue weighted by molar-refractivity contribution is 7.89. The van der Waals surface area contributed by atoms with Crippen molar-refractivity contribution in [2.24, 2.45) is 5.41 Å². The van der Waals surface area contributed by atoms with Gasteiger partial charge in [0, 0.05) is 13.0 Å². The van der Waals surface area contributed by atoms with Crippen molar-refractivity contribution in [2.45, 2.75) is 33.4 Å². The summed E-state index contributed by atoms with van der Waals surface area (Å²) in [6, 6.07) is 7.56. The number of allylic oxidation sites excluding steroid dienone is 5. The summed E-state index contributed by atoms with van der Waals surface area (Å²) in [7, 11) is -3.03. The smallest absolute Gasteiger partial charge is 0.404 e. The van der Waals surface area contributed by atoms with E-state index in [0.29, 0.717) is 18.7 Å². The summed E-state index contributed by atoms with van der Waals surface area (Å²) < 4.78 is 68.2. The summed E-state index contributed by atoms with van der Waals surface area (Å²) in [5.74, 6) is -1.22. The molecule has 0 amide bonds. The molecule has 0 fully saturated rings. The van der Waals surface area contributed by atoms with Crippen molar-refractivity contribution in [1.29, 1.82) is 0 Å². The second-order valence-corrected chi connectivity index (χ2v) is 10.8. The minimum atomic E-state index is -4.84. The Labute approximate surface area is 199 Å². The summed E-state index contributed by atoms with van der Waals surface area (Å²) in [5, 5.41) is 0. The minimum absolute atomic E-state index is 0.0397. The number of hydrazone groups is 1. The van der Waals surface area contributed by atoms with Crippen LogP contribution < -0.4 is 9.57 Å². The van der Waals surface area contributed by atoms with Crippen molar-refractivity contribution in [3.05, 3.63) is 77.9 Å². The van der Waals surface area contributed by atoms with Gasteiger partial charge in [-0.05, 0) is 28.8 Å². The summed E-state index contributed by atoms with van der Waals surface area (Å²) in [4.78, 5) is 3.80. The van der Waals surface area contributed by atoms with Crippen LogP contribution in [0.5, 0.6) is 5.75 Å². The zero-order valence-corrected chi connectivity index (χ0v) is 20.4. The van der Waals surface area contributed by atoms with Crippen LogP contribution in [0.25, 0.3) is 0 Å². The van der Waals surface area contributed by atoms with Gasteiger partial charge in [0.25, 0.3) is 10.0 Å². The van der Waals surface area contributed by atoms with Gasteiger partial charge in [0.2, 0.25) is 0 Å². The van der Waals surface area contributed by atoms with Crippen molar-refractivity contribution < 1.29 is 31.0 Å². The molecule has 10 heteroatoms. The molecule has 0 unspecified atom stereocenters. The molecule has 3 rings (SSSR count). The monoisotopic (exact) mass is 496 g/mol. The molecule has 186 valence electrons. The molecular formula is C24H29F3N3O3S-. The Kier molecular flexibility index (Phi) is 7.30.